The Hall–Kier alpha value is -2.46. The number of carbonyl (C=O) groups excluding carboxylic acids is 1. The molecule has 0 bridgehead atoms. The first kappa shape index (κ1) is 13.5. The highest BCUT2D eigenvalue weighted by molar-refractivity contribution is 6.30. The van der Waals surface area contributed by atoms with Crippen LogP contribution in [0, 0.1) is 6.92 Å². The van der Waals surface area contributed by atoms with E-state index in [2.05, 4.69) is 15.3 Å². The number of aryl methyl sites for hydroxylation is 1. The average Bonchev–Trinajstić information content (AvgIpc) is 2.49. The van der Waals surface area contributed by atoms with Crippen molar-refractivity contribution < 1.29 is 4.79 Å². The molecular weight excluding hydrogens is 286 g/mol. The molecule has 0 aliphatic heterocycles. The third-order valence-corrected chi connectivity index (χ3v) is 3.38. The van der Waals surface area contributed by atoms with Crippen molar-refractivity contribution in [2.45, 2.75) is 6.92 Å². The molecule has 104 valence electrons. The Morgan fingerprint density at radius 3 is 2.71 bits per heavy atom. The second kappa shape index (κ2) is 5.50. The fourth-order valence-electron chi connectivity index (χ4n) is 2.06. The monoisotopic (exact) mass is 297 g/mol. The van der Waals surface area contributed by atoms with Gasteiger partial charge in [-0.25, -0.2) is 9.97 Å². The number of hydrogen-bond acceptors (Lipinski definition) is 3. The zero-order valence-corrected chi connectivity index (χ0v) is 12.1. The van der Waals surface area contributed by atoms with E-state index in [-0.39, 0.29) is 5.91 Å². The van der Waals surface area contributed by atoms with Gasteiger partial charge in [0.15, 0.2) is 5.65 Å². The van der Waals surface area contributed by atoms with Crippen molar-refractivity contribution in [1.82, 2.24) is 9.97 Å². The fourth-order valence-corrected chi connectivity index (χ4v) is 2.18. The summed E-state index contributed by atoms with van der Waals surface area (Å²) in [5.74, 6) is -0.201. The quantitative estimate of drug-likeness (QED) is 0.782. The Morgan fingerprint density at radius 2 is 1.95 bits per heavy atom. The van der Waals surface area contributed by atoms with Crippen LogP contribution in [0.5, 0.6) is 0 Å². The minimum Gasteiger partial charge on any atom is -0.322 e. The molecule has 0 saturated heterocycles. The van der Waals surface area contributed by atoms with E-state index in [9.17, 15) is 4.79 Å². The van der Waals surface area contributed by atoms with E-state index in [0.717, 1.165) is 5.39 Å². The SMILES string of the molecule is Cc1nc2ncccc2cc1C(=O)Nc1ccc(Cl)cc1. The third-order valence-electron chi connectivity index (χ3n) is 3.13. The average molecular weight is 298 g/mol. The summed E-state index contributed by atoms with van der Waals surface area (Å²) in [6.07, 6.45) is 1.68. The molecule has 1 aromatic carbocycles. The van der Waals surface area contributed by atoms with Gasteiger partial charge in [0, 0.05) is 22.3 Å². The molecule has 2 heterocycles. The Morgan fingerprint density at radius 1 is 1.19 bits per heavy atom. The second-order valence-electron chi connectivity index (χ2n) is 4.63. The fraction of sp³-hybridized carbons (Fsp3) is 0.0625. The lowest BCUT2D eigenvalue weighted by Crippen LogP contribution is -2.14. The van der Waals surface area contributed by atoms with Gasteiger partial charge < -0.3 is 5.32 Å². The topological polar surface area (TPSA) is 54.9 Å². The minimum atomic E-state index is -0.201. The molecule has 0 saturated carbocycles. The minimum absolute atomic E-state index is 0.201. The highest BCUT2D eigenvalue weighted by Gasteiger charge is 2.12. The lowest BCUT2D eigenvalue weighted by Gasteiger charge is -2.08. The first-order chi connectivity index (χ1) is 10.1. The van der Waals surface area contributed by atoms with E-state index >= 15 is 0 Å². The van der Waals surface area contributed by atoms with Gasteiger partial charge in [-0.15, -0.1) is 0 Å². The van der Waals surface area contributed by atoms with Crippen LogP contribution in [0.15, 0.2) is 48.7 Å². The van der Waals surface area contributed by atoms with Crippen LogP contribution in [0.25, 0.3) is 11.0 Å². The van der Waals surface area contributed by atoms with Crippen LogP contribution >= 0.6 is 11.6 Å². The van der Waals surface area contributed by atoms with E-state index < -0.39 is 0 Å². The van der Waals surface area contributed by atoms with Crippen molar-refractivity contribution in [2.75, 3.05) is 5.32 Å². The van der Waals surface area contributed by atoms with Gasteiger partial charge in [0.25, 0.3) is 5.91 Å². The summed E-state index contributed by atoms with van der Waals surface area (Å²) >= 11 is 5.83. The summed E-state index contributed by atoms with van der Waals surface area (Å²) in [4.78, 5) is 20.9. The van der Waals surface area contributed by atoms with Crippen LogP contribution in [-0.4, -0.2) is 15.9 Å². The molecule has 0 spiro atoms. The number of hydrogen-bond donors (Lipinski definition) is 1. The predicted molar refractivity (Wildman–Crippen MR) is 83.7 cm³/mol. The number of benzene rings is 1. The number of pyridine rings is 2. The molecule has 4 nitrogen and oxygen atoms in total. The number of rotatable bonds is 2. The maximum absolute atomic E-state index is 12.4. The summed E-state index contributed by atoms with van der Waals surface area (Å²) in [5.41, 5.74) is 2.51. The van der Waals surface area contributed by atoms with Crippen LogP contribution < -0.4 is 5.32 Å². The van der Waals surface area contributed by atoms with Gasteiger partial charge in [-0.2, -0.15) is 0 Å². The van der Waals surface area contributed by atoms with E-state index in [1.54, 1.807) is 43.5 Å². The first-order valence-corrected chi connectivity index (χ1v) is 6.80. The number of aromatic nitrogens is 2. The Kier molecular flexibility index (Phi) is 3.54. The van der Waals surface area contributed by atoms with Gasteiger partial charge in [-0.1, -0.05) is 11.6 Å². The summed E-state index contributed by atoms with van der Waals surface area (Å²) < 4.78 is 0. The van der Waals surface area contributed by atoms with Crippen LogP contribution in [-0.2, 0) is 0 Å². The number of fused-ring (bicyclic) bond motifs is 1. The predicted octanol–water partition coefficient (Wildman–Crippen LogP) is 3.84. The molecule has 5 heteroatoms. The van der Waals surface area contributed by atoms with Crippen molar-refractivity contribution in [3.63, 3.8) is 0 Å². The number of anilines is 1. The van der Waals surface area contributed by atoms with Crippen molar-refractivity contribution >= 4 is 34.2 Å². The summed E-state index contributed by atoms with van der Waals surface area (Å²) in [6, 6.07) is 12.5. The highest BCUT2D eigenvalue weighted by atomic mass is 35.5. The number of carbonyl (C=O) groups is 1. The standard InChI is InChI=1S/C16H12ClN3O/c1-10-14(9-11-3-2-8-18-15(11)19-10)16(21)20-13-6-4-12(17)5-7-13/h2-9H,1H3,(H,20,21). The maximum atomic E-state index is 12.4. The third kappa shape index (κ3) is 2.85. The molecule has 3 aromatic rings. The normalized spacial score (nSPS) is 10.6. The number of nitrogens with zero attached hydrogens (tertiary/aromatic N) is 2. The molecule has 0 aliphatic rings. The van der Waals surface area contributed by atoms with E-state index in [1.807, 2.05) is 12.1 Å². The molecule has 0 fully saturated rings. The van der Waals surface area contributed by atoms with Crippen molar-refractivity contribution in [3.05, 3.63) is 64.9 Å². The number of nitrogens with one attached hydrogen (secondary N) is 1. The number of halogens is 1. The molecule has 0 radical (unpaired) electrons. The molecule has 3 rings (SSSR count). The molecule has 1 N–H and O–H groups in total. The second-order valence-corrected chi connectivity index (χ2v) is 5.07. The summed E-state index contributed by atoms with van der Waals surface area (Å²) in [5, 5.41) is 4.30. The van der Waals surface area contributed by atoms with Crippen LogP contribution in [0.4, 0.5) is 5.69 Å². The van der Waals surface area contributed by atoms with Crippen molar-refractivity contribution in [2.24, 2.45) is 0 Å². The van der Waals surface area contributed by atoms with Gasteiger partial charge >= 0.3 is 0 Å². The van der Waals surface area contributed by atoms with Gasteiger partial charge in [0.2, 0.25) is 0 Å². The van der Waals surface area contributed by atoms with Crippen molar-refractivity contribution in [3.8, 4) is 0 Å². The zero-order chi connectivity index (χ0) is 14.8. The van der Waals surface area contributed by atoms with Crippen LogP contribution in [0.2, 0.25) is 5.02 Å². The number of amides is 1. The molecule has 0 atom stereocenters. The first-order valence-electron chi connectivity index (χ1n) is 6.43. The summed E-state index contributed by atoms with van der Waals surface area (Å²) in [6.45, 7) is 1.80. The Balaban J connectivity index is 1.93. The van der Waals surface area contributed by atoms with Crippen LogP contribution in [0.1, 0.15) is 16.1 Å². The highest BCUT2D eigenvalue weighted by Crippen LogP contribution is 2.18. The Labute approximate surface area is 126 Å². The van der Waals surface area contributed by atoms with Crippen LogP contribution in [0.3, 0.4) is 0 Å². The molecule has 21 heavy (non-hydrogen) atoms. The zero-order valence-electron chi connectivity index (χ0n) is 11.3. The van der Waals surface area contributed by atoms with E-state index in [4.69, 9.17) is 11.6 Å². The van der Waals surface area contributed by atoms with Gasteiger partial charge in [-0.05, 0) is 49.4 Å². The Bertz CT molecular complexity index is 815. The summed E-state index contributed by atoms with van der Waals surface area (Å²) in [7, 11) is 0. The van der Waals surface area contributed by atoms with Crippen molar-refractivity contribution in [1.29, 1.82) is 0 Å². The smallest absolute Gasteiger partial charge is 0.257 e. The lowest BCUT2D eigenvalue weighted by molar-refractivity contribution is 0.102. The molecule has 0 aliphatic carbocycles. The molecule has 1 amide bonds. The maximum Gasteiger partial charge on any atom is 0.257 e. The molecule has 2 aromatic heterocycles. The van der Waals surface area contributed by atoms with Gasteiger partial charge in [0.05, 0.1) is 11.3 Å². The molecule has 0 unspecified atom stereocenters. The molecular formula is C16H12ClN3O. The van der Waals surface area contributed by atoms with Gasteiger partial charge in [0.1, 0.15) is 0 Å². The van der Waals surface area contributed by atoms with Gasteiger partial charge in [-0.3, -0.25) is 4.79 Å². The van der Waals surface area contributed by atoms with E-state index in [0.29, 0.717) is 27.6 Å². The lowest BCUT2D eigenvalue weighted by atomic mass is 10.1. The largest absolute Gasteiger partial charge is 0.322 e. The van der Waals surface area contributed by atoms with E-state index in [1.165, 1.54) is 0 Å².